The first-order valence-corrected chi connectivity index (χ1v) is 10.8. The van der Waals surface area contributed by atoms with E-state index < -0.39 is 4.75 Å². The molecule has 0 atom stereocenters. The van der Waals surface area contributed by atoms with Gasteiger partial charge in [-0.05, 0) is 26.0 Å². The van der Waals surface area contributed by atoms with Crippen molar-refractivity contribution in [2.75, 3.05) is 5.75 Å². The van der Waals surface area contributed by atoms with Crippen LogP contribution >= 0.6 is 35.7 Å². The van der Waals surface area contributed by atoms with Gasteiger partial charge in [0.05, 0.1) is 4.75 Å². The van der Waals surface area contributed by atoms with Gasteiger partial charge < -0.3 is 5.73 Å². The number of amides is 1. The van der Waals surface area contributed by atoms with Gasteiger partial charge in [0.15, 0.2) is 0 Å². The summed E-state index contributed by atoms with van der Waals surface area (Å²) in [4.78, 5) is 11.2. The molecule has 130 valence electrons. The molecule has 0 fully saturated rings. The number of hydrogen-bond donors (Lipinski definition) is 1. The van der Waals surface area contributed by atoms with E-state index in [0.29, 0.717) is 0 Å². The molecule has 0 heterocycles. The highest BCUT2D eigenvalue weighted by molar-refractivity contribution is 8.47. The molecule has 2 N–H and O–H groups in total. The Bertz CT molecular complexity index is 319. The second-order valence-electron chi connectivity index (χ2n) is 6.26. The summed E-state index contributed by atoms with van der Waals surface area (Å²) in [7, 11) is 0. The molecule has 0 radical (unpaired) electrons. The minimum atomic E-state index is -0.595. The normalized spacial score (nSPS) is 11.6. The number of thiocarbonyl (C=S) groups is 1. The number of unbranched alkanes of at least 4 members (excludes halogenated alkanes) is 9. The van der Waals surface area contributed by atoms with Crippen molar-refractivity contribution in [2.24, 2.45) is 5.73 Å². The Labute approximate surface area is 151 Å². The van der Waals surface area contributed by atoms with E-state index in [1.54, 1.807) is 11.8 Å². The third kappa shape index (κ3) is 12.8. The summed E-state index contributed by atoms with van der Waals surface area (Å²) in [6.45, 7) is 5.91. The van der Waals surface area contributed by atoms with Gasteiger partial charge in [0.2, 0.25) is 5.91 Å². The highest BCUT2D eigenvalue weighted by Gasteiger charge is 2.27. The Morgan fingerprint density at radius 1 is 0.955 bits per heavy atom. The van der Waals surface area contributed by atoms with Gasteiger partial charge in [-0.2, -0.15) is 0 Å². The molecule has 0 aromatic rings. The Kier molecular flexibility index (Phi) is 13.8. The van der Waals surface area contributed by atoms with Crippen molar-refractivity contribution in [2.45, 2.75) is 89.7 Å². The summed E-state index contributed by atoms with van der Waals surface area (Å²) in [5.74, 6) is 0.747. The summed E-state index contributed by atoms with van der Waals surface area (Å²) < 4.78 is 0.238. The summed E-state index contributed by atoms with van der Waals surface area (Å²) in [5, 5.41) is 0. The van der Waals surface area contributed by atoms with Gasteiger partial charge in [-0.15, -0.1) is 11.8 Å². The first-order chi connectivity index (χ1) is 10.4. The second-order valence-corrected chi connectivity index (χ2v) is 10.2. The molecule has 0 rings (SSSR count). The van der Waals surface area contributed by atoms with Gasteiger partial charge in [-0.1, -0.05) is 88.7 Å². The maximum Gasteiger partial charge on any atom is 0.233 e. The lowest BCUT2D eigenvalue weighted by Gasteiger charge is -2.19. The molecule has 0 saturated heterocycles. The highest BCUT2D eigenvalue weighted by atomic mass is 32.2. The maximum absolute atomic E-state index is 11.2. The summed E-state index contributed by atoms with van der Waals surface area (Å²) in [6, 6.07) is 0. The molecule has 1 amide bonds. The topological polar surface area (TPSA) is 43.1 Å². The van der Waals surface area contributed by atoms with Crippen LogP contribution in [-0.4, -0.2) is 19.9 Å². The zero-order valence-corrected chi connectivity index (χ0v) is 16.9. The fourth-order valence-corrected chi connectivity index (χ4v) is 5.05. The van der Waals surface area contributed by atoms with Gasteiger partial charge in [0.25, 0.3) is 0 Å². The number of thioether (sulfide) groups is 2. The largest absolute Gasteiger partial charge is 0.368 e. The minimum absolute atomic E-state index is 0.306. The van der Waals surface area contributed by atoms with Crippen molar-refractivity contribution < 1.29 is 4.79 Å². The van der Waals surface area contributed by atoms with Crippen LogP contribution in [0.15, 0.2) is 0 Å². The smallest absolute Gasteiger partial charge is 0.233 e. The summed E-state index contributed by atoms with van der Waals surface area (Å²) in [5.41, 5.74) is 5.35. The molecule has 0 aliphatic rings. The van der Waals surface area contributed by atoms with Crippen LogP contribution in [0.5, 0.6) is 0 Å². The van der Waals surface area contributed by atoms with Crippen molar-refractivity contribution in [3.05, 3.63) is 0 Å². The first kappa shape index (κ1) is 22.3. The van der Waals surface area contributed by atoms with Crippen LogP contribution in [-0.2, 0) is 4.79 Å². The number of carbonyl (C=O) groups excluding carboxylic acids is 1. The lowest BCUT2D eigenvalue weighted by atomic mass is 10.1. The Balaban J connectivity index is 3.39. The van der Waals surface area contributed by atoms with Gasteiger partial charge in [-0.3, -0.25) is 4.79 Å². The lowest BCUT2D eigenvalue weighted by Crippen LogP contribution is -2.35. The zero-order valence-electron chi connectivity index (χ0n) is 14.5. The van der Waals surface area contributed by atoms with Crippen molar-refractivity contribution >= 4 is 45.2 Å². The third-order valence-corrected chi connectivity index (χ3v) is 6.46. The van der Waals surface area contributed by atoms with Crippen molar-refractivity contribution in [1.29, 1.82) is 0 Å². The SMILES string of the molecule is CCCCCCCCCCCCSC(=S)SC(C)(C)C(N)=O. The van der Waals surface area contributed by atoms with Crippen molar-refractivity contribution in [3.63, 3.8) is 0 Å². The number of rotatable bonds is 13. The molecular weight excluding hydrogens is 330 g/mol. The Morgan fingerprint density at radius 3 is 1.86 bits per heavy atom. The standard InChI is InChI=1S/C17H33NOS3/c1-4-5-6-7-8-9-10-11-12-13-14-21-16(20)22-17(2,3)15(18)19/h4-14H2,1-3H3,(H2,18,19). The molecule has 0 aromatic heterocycles. The van der Waals surface area contributed by atoms with E-state index in [4.69, 9.17) is 18.0 Å². The molecule has 0 spiro atoms. The molecule has 2 nitrogen and oxygen atoms in total. The zero-order chi connectivity index (χ0) is 16.8. The van der Waals surface area contributed by atoms with Gasteiger partial charge >= 0.3 is 0 Å². The molecule has 0 aromatic carbocycles. The average molecular weight is 364 g/mol. The molecule has 0 aliphatic carbocycles. The fourth-order valence-electron chi connectivity index (χ4n) is 2.03. The quantitative estimate of drug-likeness (QED) is 0.326. The second kappa shape index (κ2) is 13.7. The lowest BCUT2D eigenvalue weighted by molar-refractivity contribution is -0.119. The average Bonchev–Trinajstić information content (AvgIpc) is 2.44. The number of hydrogen-bond acceptors (Lipinski definition) is 4. The predicted molar refractivity (Wildman–Crippen MR) is 108 cm³/mol. The Morgan fingerprint density at radius 2 is 1.41 bits per heavy atom. The third-order valence-electron chi connectivity index (χ3n) is 3.65. The van der Waals surface area contributed by atoms with Gasteiger partial charge in [-0.25, -0.2) is 0 Å². The fraction of sp³-hybridized carbons (Fsp3) is 0.882. The summed E-state index contributed by atoms with van der Waals surface area (Å²) >= 11 is 8.41. The van der Waals surface area contributed by atoms with Crippen LogP contribution < -0.4 is 5.73 Å². The molecule has 0 unspecified atom stereocenters. The van der Waals surface area contributed by atoms with Crippen LogP contribution in [0.25, 0.3) is 0 Å². The molecule has 5 heteroatoms. The van der Waals surface area contributed by atoms with E-state index in [0.717, 1.165) is 9.28 Å². The highest BCUT2D eigenvalue weighted by Crippen LogP contribution is 2.31. The van der Waals surface area contributed by atoms with E-state index in [9.17, 15) is 4.79 Å². The first-order valence-electron chi connectivity index (χ1n) is 8.56. The number of primary amides is 1. The van der Waals surface area contributed by atoms with Crippen LogP contribution in [0.1, 0.15) is 85.0 Å². The molecule has 0 aliphatic heterocycles. The maximum atomic E-state index is 11.2. The van der Waals surface area contributed by atoms with Crippen LogP contribution in [0.4, 0.5) is 0 Å². The molecule has 22 heavy (non-hydrogen) atoms. The van der Waals surface area contributed by atoms with E-state index in [1.165, 1.54) is 76.0 Å². The minimum Gasteiger partial charge on any atom is -0.368 e. The number of nitrogens with two attached hydrogens (primary N) is 1. The van der Waals surface area contributed by atoms with Crippen LogP contribution in [0, 0.1) is 0 Å². The molecule has 0 bridgehead atoms. The van der Waals surface area contributed by atoms with Gasteiger partial charge in [0.1, 0.15) is 3.53 Å². The van der Waals surface area contributed by atoms with E-state index in [1.807, 2.05) is 13.8 Å². The van der Waals surface area contributed by atoms with E-state index in [2.05, 4.69) is 6.92 Å². The Hall–Kier alpha value is 0.260. The van der Waals surface area contributed by atoms with Crippen LogP contribution in [0.2, 0.25) is 0 Å². The van der Waals surface area contributed by atoms with Crippen molar-refractivity contribution in [3.8, 4) is 0 Å². The predicted octanol–water partition coefficient (Wildman–Crippen LogP) is 5.92. The molecule has 0 saturated carbocycles. The van der Waals surface area contributed by atoms with E-state index in [-0.39, 0.29) is 5.91 Å². The van der Waals surface area contributed by atoms with Crippen LogP contribution in [0.3, 0.4) is 0 Å². The van der Waals surface area contributed by atoms with E-state index >= 15 is 0 Å². The number of carbonyl (C=O) groups is 1. The van der Waals surface area contributed by atoms with Crippen molar-refractivity contribution in [1.82, 2.24) is 0 Å². The van der Waals surface area contributed by atoms with Gasteiger partial charge in [0, 0.05) is 0 Å². The summed E-state index contributed by atoms with van der Waals surface area (Å²) in [6.07, 6.45) is 13.5. The molecular formula is C17H33NOS3. The monoisotopic (exact) mass is 363 g/mol.